The van der Waals surface area contributed by atoms with Crippen LogP contribution in [0.25, 0.3) is 22.0 Å². The summed E-state index contributed by atoms with van der Waals surface area (Å²) in [5, 5.41) is 10.3. The van der Waals surface area contributed by atoms with Crippen LogP contribution in [0.3, 0.4) is 0 Å². The van der Waals surface area contributed by atoms with Gasteiger partial charge in [-0.05, 0) is 29.7 Å². The zero-order chi connectivity index (χ0) is 15.0. The summed E-state index contributed by atoms with van der Waals surface area (Å²) >= 11 is 0. The van der Waals surface area contributed by atoms with E-state index in [1.807, 2.05) is 18.2 Å². The van der Waals surface area contributed by atoms with Gasteiger partial charge in [0.1, 0.15) is 0 Å². The number of aromatic nitrogens is 1. The van der Waals surface area contributed by atoms with Crippen LogP contribution in [0, 0.1) is 6.92 Å². The fraction of sp³-hybridized carbons (Fsp3) is 0.167. The summed E-state index contributed by atoms with van der Waals surface area (Å²) in [6.45, 7) is 1.93. The van der Waals surface area contributed by atoms with Crippen molar-refractivity contribution in [2.45, 2.75) is 13.5 Å². The van der Waals surface area contributed by atoms with E-state index in [1.54, 1.807) is 11.6 Å². The van der Waals surface area contributed by atoms with Gasteiger partial charge in [-0.3, -0.25) is 4.79 Å². The van der Waals surface area contributed by atoms with Crippen molar-refractivity contribution < 1.29 is 5.11 Å². The van der Waals surface area contributed by atoms with Crippen LogP contribution in [-0.2, 0) is 13.7 Å². The number of pyridine rings is 1. The Labute approximate surface area is 123 Å². The van der Waals surface area contributed by atoms with Gasteiger partial charge in [-0.25, -0.2) is 0 Å². The third-order valence-corrected chi connectivity index (χ3v) is 3.89. The monoisotopic (exact) mass is 279 g/mol. The van der Waals surface area contributed by atoms with Crippen molar-refractivity contribution in [3.8, 4) is 11.1 Å². The molecule has 21 heavy (non-hydrogen) atoms. The highest BCUT2D eigenvalue weighted by atomic mass is 16.3. The van der Waals surface area contributed by atoms with Crippen LogP contribution in [0.5, 0.6) is 0 Å². The summed E-state index contributed by atoms with van der Waals surface area (Å²) in [4.78, 5) is 12.0. The van der Waals surface area contributed by atoms with Crippen molar-refractivity contribution in [1.29, 1.82) is 0 Å². The molecule has 0 fully saturated rings. The number of aliphatic hydroxyl groups is 1. The van der Waals surface area contributed by atoms with Crippen molar-refractivity contribution in [3.63, 3.8) is 0 Å². The maximum Gasteiger partial charge on any atom is 0.251 e. The predicted octanol–water partition coefficient (Wildman–Crippen LogP) is 3.01. The van der Waals surface area contributed by atoms with Crippen LogP contribution in [0.15, 0.2) is 53.3 Å². The first kappa shape index (κ1) is 13.6. The van der Waals surface area contributed by atoms with Crippen molar-refractivity contribution in [2.24, 2.45) is 7.05 Å². The lowest BCUT2D eigenvalue weighted by molar-refractivity contribution is 0.283. The number of hydrogen-bond donors (Lipinski definition) is 1. The first-order chi connectivity index (χ1) is 10.1. The molecule has 0 atom stereocenters. The van der Waals surface area contributed by atoms with Gasteiger partial charge in [0.2, 0.25) is 0 Å². The Morgan fingerprint density at radius 2 is 1.67 bits per heavy atom. The molecule has 0 saturated heterocycles. The largest absolute Gasteiger partial charge is 0.392 e. The predicted molar refractivity (Wildman–Crippen MR) is 85.3 cm³/mol. The number of hydrogen-bond acceptors (Lipinski definition) is 2. The minimum absolute atomic E-state index is 0.104. The number of fused-ring (bicyclic) bond motifs is 1. The molecule has 0 aliphatic heterocycles. The fourth-order valence-electron chi connectivity index (χ4n) is 2.58. The van der Waals surface area contributed by atoms with Gasteiger partial charge in [0.05, 0.1) is 12.1 Å². The van der Waals surface area contributed by atoms with Gasteiger partial charge in [-0.2, -0.15) is 0 Å². The molecule has 0 spiro atoms. The van der Waals surface area contributed by atoms with E-state index < -0.39 is 0 Å². The quantitative estimate of drug-likeness (QED) is 0.783. The van der Waals surface area contributed by atoms with E-state index in [0.717, 1.165) is 22.0 Å². The number of aliphatic hydroxyl groups excluding tert-OH is 1. The lowest BCUT2D eigenvalue weighted by Gasteiger charge is -2.11. The van der Waals surface area contributed by atoms with E-state index in [4.69, 9.17) is 0 Å². The Morgan fingerprint density at radius 3 is 2.33 bits per heavy atom. The molecule has 0 radical (unpaired) electrons. The Hall–Kier alpha value is -2.39. The Bertz CT molecular complexity index is 861. The van der Waals surface area contributed by atoms with Crippen LogP contribution in [0.2, 0.25) is 0 Å². The number of benzene rings is 2. The van der Waals surface area contributed by atoms with Gasteiger partial charge in [-0.15, -0.1) is 0 Å². The van der Waals surface area contributed by atoms with Crippen LogP contribution in [-0.4, -0.2) is 9.67 Å². The smallest absolute Gasteiger partial charge is 0.251 e. The molecule has 1 heterocycles. The van der Waals surface area contributed by atoms with Crippen molar-refractivity contribution >= 4 is 10.9 Å². The molecule has 0 bridgehead atoms. The SMILES string of the molecule is Cc1ccc(-c2ccc3c(CO)cc(=O)n(C)c3c2)cc1. The van der Waals surface area contributed by atoms with Gasteiger partial charge in [-0.1, -0.05) is 42.0 Å². The molecule has 2 aromatic carbocycles. The fourth-order valence-corrected chi connectivity index (χ4v) is 2.58. The standard InChI is InChI=1S/C18H17NO2/c1-12-3-5-13(6-4-12)14-7-8-16-15(11-20)10-18(21)19(2)17(16)9-14/h3-10,20H,11H2,1-2H3. The Kier molecular flexibility index (Phi) is 3.35. The lowest BCUT2D eigenvalue weighted by atomic mass is 10.0. The van der Waals surface area contributed by atoms with Crippen molar-refractivity contribution in [2.75, 3.05) is 0 Å². The highest BCUT2D eigenvalue weighted by Crippen LogP contribution is 2.25. The first-order valence-corrected chi connectivity index (χ1v) is 6.91. The van der Waals surface area contributed by atoms with E-state index in [2.05, 4.69) is 31.2 Å². The summed E-state index contributed by atoms with van der Waals surface area (Å²) in [6.07, 6.45) is 0. The third kappa shape index (κ3) is 2.36. The molecule has 0 unspecified atom stereocenters. The first-order valence-electron chi connectivity index (χ1n) is 6.91. The maximum atomic E-state index is 12.0. The highest BCUT2D eigenvalue weighted by Gasteiger charge is 2.07. The zero-order valence-electron chi connectivity index (χ0n) is 12.1. The van der Waals surface area contributed by atoms with Gasteiger partial charge in [0, 0.05) is 18.5 Å². The second kappa shape index (κ2) is 5.19. The molecular formula is C18H17NO2. The van der Waals surface area contributed by atoms with Gasteiger partial charge >= 0.3 is 0 Å². The van der Waals surface area contributed by atoms with Crippen LogP contribution >= 0.6 is 0 Å². The number of rotatable bonds is 2. The molecule has 3 aromatic rings. The van der Waals surface area contributed by atoms with Crippen LogP contribution < -0.4 is 5.56 Å². The highest BCUT2D eigenvalue weighted by molar-refractivity contribution is 5.87. The molecule has 106 valence electrons. The maximum absolute atomic E-state index is 12.0. The molecule has 1 N–H and O–H groups in total. The second-order valence-corrected chi connectivity index (χ2v) is 5.32. The van der Waals surface area contributed by atoms with E-state index in [9.17, 15) is 9.90 Å². The van der Waals surface area contributed by atoms with Gasteiger partial charge in [0.25, 0.3) is 5.56 Å². The lowest BCUT2D eigenvalue weighted by Crippen LogP contribution is -2.17. The molecule has 3 heteroatoms. The Morgan fingerprint density at radius 1 is 1.00 bits per heavy atom. The zero-order valence-corrected chi connectivity index (χ0v) is 12.1. The molecule has 0 aliphatic carbocycles. The number of nitrogens with zero attached hydrogens (tertiary/aromatic N) is 1. The molecule has 0 saturated carbocycles. The molecular weight excluding hydrogens is 262 g/mol. The minimum Gasteiger partial charge on any atom is -0.392 e. The van der Waals surface area contributed by atoms with Crippen molar-refractivity contribution in [3.05, 3.63) is 70.0 Å². The molecule has 3 rings (SSSR count). The molecule has 0 aliphatic rings. The summed E-state index contributed by atoms with van der Waals surface area (Å²) in [5.41, 5.74) is 4.80. The normalized spacial score (nSPS) is 11.0. The Balaban J connectivity index is 2.26. The van der Waals surface area contributed by atoms with Gasteiger partial charge < -0.3 is 9.67 Å². The molecule has 1 aromatic heterocycles. The number of aryl methyl sites for hydroxylation is 2. The molecule has 0 amide bonds. The summed E-state index contributed by atoms with van der Waals surface area (Å²) in [6, 6.07) is 15.8. The van der Waals surface area contributed by atoms with E-state index in [-0.39, 0.29) is 12.2 Å². The van der Waals surface area contributed by atoms with E-state index in [0.29, 0.717) is 5.56 Å². The molecule has 3 nitrogen and oxygen atoms in total. The topological polar surface area (TPSA) is 42.2 Å². The summed E-state index contributed by atoms with van der Waals surface area (Å²) < 4.78 is 1.62. The average Bonchev–Trinajstić information content (AvgIpc) is 2.51. The van der Waals surface area contributed by atoms with Gasteiger partial charge in [0.15, 0.2) is 0 Å². The average molecular weight is 279 g/mol. The van der Waals surface area contributed by atoms with E-state index >= 15 is 0 Å². The summed E-state index contributed by atoms with van der Waals surface area (Å²) in [5.74, 6) is 0. The van der Waals surface area contributed by atoms with Crippen LogP contribution in [0.4, 0.5) is 0 Å². The third-order valence-electron chi connectivity index (χ3n) is 3.89. The minimum atomic E-state index is -0.129. The van der Waals surface area contributed by atoms with Crippen molar-refractivity contribution in [1.82, 2.24) is 4.57 Å². The van der Waals surface area contributed by atoms with E-state index in [1.165, 1.54) is 11.6 Å². The second-order valence-electron chi connectivity index (χ2n) is 5.32. The van der Waals surface area contributed by atoms with Crippen LogP contribution in [0.1, 0.15) is 11.1 Å². The summed E-state index contributed by atoms with van der Waals surface area (Å²) in [7, 11) is 1.75.